The molecule has 0 radical (unpaired) electrons. The zero-order chi connectivity index (χ0) is 23.3. The highest BCUT2D eigenvalue weighted by atomic mass is 32.2. The van der Waals surface area contributed by atoms with Crippen LogP contribution >= 0.6 is 0 Å². The SMILES string of the molecule is CNC(=O)[C@H](C)N(Cc1ccc(F)cc1)C(=O)CN(c1ccc(C)c(C)c1)S(C)(=O)=O. The van der Waals surface area contributed by atoms with E-state index in [2.05, 4.69) is 5.32 Å². The highest BCUT2D eigenvalue weighted by Gasteiger charge is 2.29. The van der Waals surface area contributed by atoms with Crippen LogP contribution in [-0.4, -0.2) is 51.0 Å². The van der Waals surface area contributed by atoms with Gasteiger partial charge in [0, 0.05) is 13.6 Å². The Morgan fingerprint density at radius 2 is 1.68 bits per heavy atom. The lowest BCUT2D eigenvalue weighted by molar-refractivity contribution is -0.139. The van der Waals surface area contributed by atoms with Gasteiger partial charge < -0.3 is 10.2 Å². The van der Waals surface area contributed by atoms with E-state index in [0.717, 1.165) is 21.7 Å². The van der Waals surface area contributed by atoms with Crippen LogP contribution in [0.4, 0.5) is 10.1 Å². The Bertz CT molecular complexity index is 1050. The molecule has 0 unspecified atom stereocenters. The number of rotatable bonds is 8. The summed E-state index contributed by atoms with van der Waals surface area (Å²) in [7, 11) is -2.31. The van der Waals surface area contributed by atoms with Crippen LogP contribution in [0.1, 0.15) is 23.6 Å². The predicted octanol–water partition coefficient (Wildman–Crippen LogP) is 2.37. The van der Waals surface area contributed by atoms with Gasteiger partial charge in [0.05, 0.1) is 11.9 Å². The van der Waals surface area contributed by atoms with Crippen LogP contribution in [0.3, 0.4) is 0 Å². The second kappa shape index (κ2) is 9.91. The van der Waals surface area contributed by atoms with E-state index in [-0.39, 0.29) is 6.54 Å². The molecule has 31 heavy (non-hydrogen) atoms. The van der Waals surface area contributed by atoms with E-state index >= 15 is 0 Å². The van der Waals surface area contributed by atoms with Crippen molar-refractivity contribution in [3.8, 4) is 0 Å². The van der Waals surface area contributed by atoms with Crippen molar-refractivity contribution in [2.75, 3.05) is 24.2 Å². The van der Waals surface area contributed by atoms with Crippen molar-refractivity contribution in [1.82, 2.24) is 10.2 Å². The van der Waals surface area contributed by atoms with Gasteiger partial charge in [-0.1, -0.05) is 18.2 Å². The average molecular weight is 450 g/mol. The lowest BCUT2D eigenvalue weighted by Gasteiger charge is -2.31. The van der Waals surface area contributed by atoms with Crippen LogP contribution < -0.4 is 9.62 Å². The fraction of sp³-hybridized carbons (Fsp3) is 0.364. The van der Waals surface area contributed by atoms with Crippen LogP contribution in [0.15, 0.2) is 42.5 Å². The summed E-state index contributed by atoms with van der Waals surface area (Å²) in [6, 6.07) is 9.84. The van der Waals surface area contributed by atoms with E-state index in [1.807, 2.05) is 13.8 Å². The van der Waals surface area contributed by atoms with E-state index in [4.69, 9.17) is 0 Å². The molecule has 1 N–H and O–H groups in total. The molecule has 2 amide bonds. The van der Waals surface area contributed by atoms with Gasteiger partial charge in [-0.3, -0.25) is 13.9 Å². The minimum Gasteiger partial charge on any atom is -0.357 e. The van der Waals surface area contributed by atoms with Gasteiger partial charge in [-0.2, -0.15) is 0 Å². The maximum atomic E-state index is 13.3. The van der Waals surface area contributed by atoms with Crippen LogP contribution in [0, 0.1) is 19.7 Å². The summed E-state index contributed by atoms with van der Waals surface area (Å²) in [5.74, 6) is -1.37. The number of hydrogen-bond acceptors (Lipinski definition) is 4. The monoisotopic (exact) mass is 449 g/mol. The molecule has 0 aromatic heterocycles. The van der Waals surface area contributed by atoms with Gasteiger partial charge in [-0.05, 0) is 61.7 Å². The minimum absolute atomic E-state index is 0.0260. The highest BCUT2D eigenvalue weighted by molar-refractivity contribution is 7.92. The Hall–Kier alpha value is -2.94. The van der Waals surface area contributed by atoms with E-state index in [0.29, 0.717) is 11.3 Å². The Morgan fingerprint density at radius 3 is 2.19 bits per heavy atom. The molecule has 0 aliphatic rings. The predicted molar refractivity (Wildman–Crippen MR) is 119 cm³/mol. The molecule has 0 heterocycles. The number of halogens is 1. The summed E-state index contributed by atoms with van der Waals surface area (Å²) in [5.41, 5.74) is 2.87. The molecule has 0 saturated carbocycles. The number of nitrogens with zero attached hydrogens (tertiary/aromatic N) is 2. The van der Waals surface area contributed by atoms with Crippen molar-refractivity contribution >= 4 is 27.5 Å². The van der Waals surface area contributed by atoms with Gasteiger partial charge in [0.15, 0.2) is 0 Å². The Balaban J connectivity index is 2.39. The zero-order valence-corrected chi connectivity index (χ0v) is 19.2. The topological polar surface area (TPSA) is 86.8 Å². The quantitative estimate of drug-likeness (QED) is 0.670. The summed E-state index contributed by atoms with van der Waals surface area (Å²) in [5, 5.41) is 2.50. The molecule has 0 spiro atoms. The van der Waals surface area contributed by atoms with Crippen molar-refractivity contribution in [1.29, 1.82) is 0 Å². The van der Waals surface area contributed by atoms with E-state index in [9.17, 15) is 22.4 Å². The molecule has 0 aliphatic carbocycles. The van der Waals surface area contributed by atoms with Gasteiger partial charge in [0.1, 0.15) is 18.4 Å². The largest absolute Gasteiger partial charge is 0.357 e. The highest BCUT2D eigenvalue weighted by Crippen LogP contribution is 2.22. The Morgan fingerprint density at radius 1 is 1.06 bits per heavy atom. The molecule has 0 fully saturated rings. The first kappa shape index (κ1) is 24.3. The number of aryl methyl sites for hydroxylation is 2. The summed E-state index contributed by atoms with van der Waals surface area (Å²) >= 11 is 0. The Kier molecular flexibility index (Phi) is 7.78. The number of carbonyl (C=O) groups excluding carboxylic acids is 2. The lowest BCUT2D eigenvalue weighted by atomic mass is 10.1. The number of carbonyl (C=O) groups is 2. The third-order valence-corrected chi connectivity index (χ3v) is 6.28. The van der Waals surface area contributed by atoms with Gasteiger partial charge in [0.25, 0.3) is 0 Å². The van der Waals surface area contributed by atoms with Gasteiger partial charge in [-0.15, -0.1) is 0 Å². The second-order valence-electron chi connectivity index (χ2n) is 7.48. The number of nitrogens with one attached hydrogen (secondary N) is 1. The van der Waals surface area contributed by atoms with Crippen LogP contribution in [0.25, 0.3) is 0 Å². The van der Waals surface area contributed by atoms with Crippen molar-refractivity contribution in [3.63, 3.8) is 0 Å². The number of likely N-dealkylation sites (N-methyl/N-ethyl adjacent to an activating group) is 1. The molecular formula is C22H28FN3O4S. The number of sulfonamides is 1. The number of benzene rings is 2. The molecule has 168 valence electrons. The second-order valence-corrected chi connectivity index (χ2v) is 9.38. The molecular weight excluding hydrogens is 421 g/mol. The summed E-state index contributed by atoms with van der Waals surface area (Å²) in [4.78, 5) is 26.7. The first-order valence-electron chi connectivity index (χ1n) is 9.74. The number of amides is 2. The molecule has 0 bridgehead atoms. The van der Waals surface area contributed by atoms with E-state index in [1.54, 1.807) is 25.1 Å². The van der Waals surface area contributed by atoms with Crippen LogP contribution in [0.5, 0.6) is 0 Å². The maximum absolute atomic E-state index is 13.3. The normalized spacial score (nSPS) is 12.2. The third-order valence-electron chi connectivity index (χ3n) is 5.14. The molecule has 0 aliphatic heterocycles. The first-order chi connectivity index (χ1) is 14.4. The van der Waals surface area contributed by atoms with E-state index in [1.165, 1.54) is 36.2 Å². The molecule has 7 nitrogen and oxygen atoms in total. The smallest absolute Gasteiger partial charge is 0.244 e. The molecule has 2 aromatic rings. The third kappa shape index (κ3) is 6.27. The van der Waals surface area contributed by atoms with Crippen LogP contribution in [0.2, 0.25) is 0 Å². The van der Waals surface area contributed by atoms with Gasteiger partial charge in [0.2, 0.25) is 21.8 Å². The summed E-state index contributed by atoms with van der Waals surface area (Å²) < 4.78 is 39.2. The van der Waals surface area contributed by atoms with E-state index < -0.39 is 40.2 Å². The fourth-order valence-corrected chi connectivity index (χ4v) is 3.91. The minimum atomic E-state index is -3.77. The maximum Gasteiger partial charge on any atom is 0.244 e. The van der Waals surface area contributed by atoms with Gasteiger partial charge in [-0.25, -0.2) is 12.8 Å². The van der Waals surface area contributed by atoms with Crippen molar-refractivity contribution < 1.29 is 22.4 Å². The molecule has 2 aromatic carbocycles. The first-order valence-corrected chi connectivity index (χ1v) is 11.6. The standard InChI is InChI=1S/C22H28FN3O4S/c1-15-6-11-20(12-16(15)2)26(31(5,29)30)14-21(27)25(17(3)22(28)24-4)13-18-7-9-19(23)10-8-18/h6-12,17H,13-14H2,1-5H3,(H,24,28)/t17-/m0/s1. The number of hydrogen-bond donors (Lipinski definition) is 1. The zero-order valence-electron chi connectivity index (χ0n) is 18.3. The number of anilines is 1. The lowest BCUT2D eigenvalue weighted by Crippen LogP contribution is -2.50. The van der Waals surface area contributed by atoms with Crippen molar-refractivity contribution in [3.05, 3.63) is 65.0 Å². The summed E-state index contributed by atoms with van der Waals surface area (Å²) in [6.07, 6.45) is 1.03. The Labute approximate surface area is 182 Å². The van der Waals surface area contributed by atoms with Gasteiger partial charge >= 0.3 is 0 Å². The average Bonchev–Trinajstić information content (AvgIpc) is 2.71. The molecule has 0 saturated heterocycles. The summed E-state index contributed by atoms with van der Waals surface area (Å²) in [6.45, 7) is 4.88. The molecule has 1 atom stereocenters. The molecule has 2 rings (SSSR count). The van der Waals surface area contributed by atoms with Crippen molar-refractivity contribution in [2.45, 2.75) is 33.4 Å². The van der Waals surface area contributed by atoms with Crippen LogP contribution in [-0.2, 0) is 26.2 Å². The molecule has 9 heteroatoms. The van der Waals surface area contributed by atoms with Crippen molar-refractivity contribution in [2.24, 2.45) is 0 Å². The fourth-order valence-electron chi connectivity index (χ4n) is 3.07.